The molecule has 0 fully saturated rings. The minimum Gasteiger partial charge on any atom is -0.274 e. The molecule has 32 heavy (non-hydrogen) atoms. The van der Waals surface area contributed by atoms with Crippen molar-refractivity contribution < 1.29 is 19.2 Å². The van der Waals surface area contributed by atoms with Gasteiger partial charge < -0.3 is 0 Å². The zero-order valence-electron chi connectivity index (χ0n) is 18.9. The maximum atomic E-state index is 13.2. The number of rotatable bonds is 10. The summed E-state index contributed by atoms with van der Waals surface area (Å²) in [4.78, 5) is 55.3. The van der Waals surface area contributed by atoms with Crippen LogP contribution in [-0.4, -0.2) is 46.5 Å². The molecule has 0 unspecified atom stereocenters. The van der Waals surface area contributed by atoms with E-state index in [1.54, 1.807) is 24.3 Å². The monoisotopic (exact) mass is 434 g/mol. The fraction of sp³-hybridized carbons (Fsp3) is 0.462. The Labute approximate surface area is 188 Å². The first kappa shape index (κ1) is 22.2. The lowest BCUT2D eigenvalue weighted by Gasteiger charge is -2.32. The Balaban J connectivity index is 1.70. The Morgan fingerprint density at radius 3 is 1.09 bits per heavy atom. The largest absolute Gasteiger partial charge is 0.274 e. The summed E-state index contributed by atoms with van der Waals surface area (Å²) < 4.78 is 0. The van der Waals surface area contributed by atoms with Crippen molar-refractivity contribution in [1.82, 2.24) is 9.80 Å². The van der Waals surface area contributed by atoms with Gasteiger partial charge in [0.15, 0.2) is 0 Å². The first-order valence-electron chi connectivity index (χ1n) is 11.8. The Morgan fingerprint density at radius 1 is 0.500 bits per heavy atom. The number of amides is 4. The first-order chi connectivity index (χ1) is 15.5. The molecule has 2 aromatic carbocycles. The first-order valence-corrected chi connectivity index (χ1v) is 11.8. The quantitative estimate of drug-likeness (QED) is 0.381. The van der Waals surface area contributed by atoms with Crippen LogP contribution in [-0.2, 0) is 0 Å². The Kier molecular flexibility index (Phi) is 6.40. The van der Waals surface area contributed by atoms with E-state index in [9.17, 15) is 19.2 Å². The third-order valence-electron chi connectivity index (χ3n) is 6.53. The molecule has 0 atom stereocenters. The summed E-state index contributed by atoms with van der Waals surface area (Å²) >= 11 is 0. The van der Waals surface area contributed by atoms with Crippen molar-refractivity contribution in [3.05, 3.63) is 46.5 Å². The summed E-state index contributed by atoms with van der Waals surface area (Å²) in [5.74, 6) is -1.37. The van der Waals surface area contributed by atoms with Crippen LogP contribution in [0.25, 0.3) is 10.8 Å². The average molecular weight is 435 g/mol. The predicted molar refractivity (Wildman–Crippen MR) is 123 cm³/mol. The lowest BCUT2D eigenvalue weighted by molar-refractivity contribution is 0.0586. The molecule has 2 aliphatic rings. The summed E-state index contributed by atoms with van der Waals surface area (Å²) in [5, 5.41) is 0.902. The Bertz CT molecular complexity index is 947. The molecule has 0 N–H and O–H groups in total. The smallest absolute Gasteiger partial charge is 0.261 e. The molecule has 0 spiro atoms. The van der Waals surface area contributed by atoms with Crippen LogP contribution < -0.4 is 0 Å². The summed E-state index contributed by atoms with van der Waals surface area (Å²) in [6.45, 7) is 4.99. The van der Waals surface area contributed by atoms with Gasteiger partial charge in [0.1, 0.15) is 0 Å². The van der Waals surface area contributed by atoms with Gasteiger partial charge in [0.05, 0.1) is 0 Å². The Morgan fingerprint density at radius 2 is 0.812 bits per heavy atom. The normalized spacial score (nSPS) is 15.3. The predicted octanol–water partition coefficient (Wildman–Crippen LogP) is 5.19. The van der Waals surface area contributed by atoms with Crippen LogP contribution in [0.5, 0.6) is 0 Å². The Hall–Kier alpha value is -3.02. The topological polar surface area (TPSA) is 74.8 Å². The van der Waals surface area contributed by atoms with Gasteiger partial charge in [0.25, 0.3) is 23.6 Å². The van der Waals surface area contributed by atoms with Crippen molar-refractivity contribution in [3.63, 3.8) is 0 Å². The van der Waals surface area contributed by atoms with Crippen LogP contribution in [0.3, 0.4) is 0 Å². The van der Waals surface area contributed by atoms with Crippen LogP contribution in [0.15, 0.2) is 24.3 Å². The molecule has 2 aromatic rings. The van der Waals surface area contributed by atoms with Crippen molar-refractivity contribution in [2.45, 2.75) is 65.2 Å². The number of imide groups is 2. The van der Waals surface area contributed by atoms with E-state index in [1.165, 1.54) is 9.80 Å². The fourth-order valence-corrected chi connectivity index (χ4v) is 4.77. The van der Waals surface area contributed by atoms with Crippen molar-refractivity contribution in [2.24, 2.45) is 0 Å². The van der Waals surface area contributed by atoms with Gasteiger partial charge in [-0.15, -0.1) is 0 Å². The zero-order chi connectivity index (χ0) is 22.8. The number of hydrogen-bond donors (Lipinski definition) is 0. The van der Waals surface area contributed by atoms with E-state index in [0.29, 0.717) is 46.1 Å². The van der Waals surface area contributed by atoms with Crippen LogP contribution in [0.2, 0.25) is 0 Å². The van der Waals surface area contributed by atoms with E-state index in [2.05, 4.69) is 13.8 Å². The number of unbranched alkanes of at least 4 members (excludes halogenated alkanes) is 6. The third-order valence-corrected chi connectivity index (χ3v) is 6.53. The molecule has 0 bridgehead atoms. The van der Waals surface area contributed by atoms with Gasteiger partial charge in [0.2, 0.25) is 0 Å². The molecule has 0 aromatic heterocycles. The number of benzene rings is 2. The number of hydrogen-bond acceptors (Lipinski definition) is 4. The summed E-state index contributed by atoms with van der Waals surface area (Å²) in [7, 11) is 0. The van der Waals surface area contributed by atoms with E-state index in [0.717, 1.165) is 51.4 Å². The van der Waals surface area contributed by atoms with Crippen LogP contribution in [0.4, 0.5) is 0 Å². The maximum Gasteiger partial charge on any atom is 0.261 e. The van der Waals surface area contributed by atoms with E-state index in [1.807, 2.05) is 0 Å². The van der Waals surface area contributed by atoms with Crippen molar-refractivity contribution in [2.75, 3.05) is 13.1 Å². The number of carbonyl (C=O) groups is 4. The molecule has 0 aliphatic carbocycles. The molecule has 6 heteroatoms. The van der Waals surface area contributed by atoms with Gasteiger partial charge in [-0.05, 0) is 37.1 Å². The van der Waals surface area contributed by atoms with E-state index in [4.69, 9.17) is 0 Å². The fourth-order valence-electron chi connectivity index (χ4n) is 4.77. The van der Waals surface area contributed by atoms with Gasteiger partial charge in [-0.2, -0.15) is 0 Å². The summed E-state index contributed by atoms with van der Waals surface area (Å²) in [6, 6.07) is 6.56. The molecule has 2 heterocycles. The van der Waals surface area contributed by atoms with Gasteiger partial charge in [-0.1, -0.05) is 52.4 Å². The van der Waals surface area contributed by atoms with Crippen LogP contribution in [0, 0.1) is 0 Å². The van der Waals surface area contributed by atoms with Crippen molar-refractivity contribution in [3.8, 4) is 0 Å². The molecule has 6 nitrogen and oxygen atoms in total. The van der Waals surface area contributed by atoms with Gasteiger partial charge in [-0.25, -0.2) is 0 Å². The molecule has 2 aliphatic heterocycles. The number of nitrogens with zero attached hydrogens (tertiary/aromatic N) is 2. The van der Waals surface area contributed by atoms with Gasteiger partial charge in [0, 0.05) is 46.1 Å². The van der Waals surface area contributed by atoms with Gasteiger partial charge in [-0.3, -0.25) is 29.0 Å². The van der Waals surface area contributed by atoms with Crippen LogP contribution >= 0.6 is 0 Å². The molecule has 0 radical (unpaired) electrons. The lowest BCUT2D eigenvalue weighted by atomic mass is 9.86. The van der Waals surface area contributed by atoms with Crippen LogP contribution in [0.1, 0.15) is 107 Å². The second-order valence-electron chi connectivity index (χ2n) is 8.72. The average Bonchev–Trinajstić information content (AvgIpc) is 2.80. The van der Waals surface area contributed by atoms with E-state index < -0.39 is 0 Å². The highest BCUT2D eigenvalue weighted by atomic mass is 16.2. The second kappa shape index (κ2) is 9.23. The lowest BCUT2D eigenvalue weighted by Crippen LogP contribution is -2.43. The molecule has 4 rings (SSSR count). The minimum atomic E-state index is -0.343. The molecule has 0 saturated heterocycles. The summed E-state index contributed by atoms with van der Waals surface area (Å²) in [5.41, 5.74) is 1.58. The van der Waals surface area contributed by atoms with E-state index in [-0.39, 0.29) is 23.6 Å². The maximum absolute atomic E-state index is 13.2. The molecule has 4 amide bonds. The number of carbonyl (C=O) groups excluding carboxylic acids is 4. The third kappa shape index (κ3) is 3.61. The molecule has 168 valence electrons. The van der Waals surface area contributed by atoms with Crippen molar-refractivity contribution in [1.29, 1.82) is 0 Å². The summed E-state index contributed by atoms with van der Waals surface area (Å²) in [6.07, 6.45) is 7.74. The van der Waals surface area contributed by atoms with Gasteiger partial charge >= 0.3 is 0 Å². The highest BCUT2D eigenvalue weighted by Crippen LogP contribution is 2.38. The van der Waals surface area contributed by atoms with Crippen molar-refractivity contribution >= 4 is 34.4 Å². The highest BCUT2D eigenvalue weighted by molar-refractivity contribution is 6.33. The second-order valence-corrected chi connectivity index (χ2v) is 8.72. The SMILES string of the molecule is CCCCCCN1C(=O)c2ccc3c4c(ccc(c24)C1=O)C(=O)N(CCCCCC)C3=O. The molecule has 0 saturated carbocycles. The minimum absolute atomic E-state index is 0.343. The standard InChI is InChI=1S/C26H30N2O4/c1-3-5-7-9-15-27-23(29)17-11-13-19-22-20(14-12-18(21(17)22)24(27)30)26(32)28(25(19)31)16-10-8-6-4-2/h11-14H,3-10,15-16H2,1-2H3. The molecular formula is C26H30N2O4. The van der Waals surface area contributed by atoms with E-state index >= 15 is 0 Å². The zero-order valence-corrected chi connectivity index (χ0v) is 18.9. The molecular weight excluding hydrogens is 404 g/mol. The highest BCUT2D eigenvalue weighted by Gasteiger charge is 2.39.